The second-order valence-electron chi connectivity index (χ2n) is 6.54. The molecule has 0 unspecified atom stereocenters. The van der Waals surface area contributed by atoms with Gasteiger partial charge in [0, 0.05) is 30.3 Å². The van der Waals surface area contributed by atoms with E-state index in [1.54, 1.807) is 23.1 Å². The van der Waals surface area contributed by atoms with Crippen molar-refractivity contribution in [3.8, 4) is 0 Å². The molecule has 124 valence electrons. The number of rotatable bonds is 4. The normalized spacial score (nSPS) is 10.8. The first-order chi connectivity index (χ1) is 10.3. The molecule has 2 rings (SSSR count). The fourth-order valence-corrected chi connectivity index (χ4v) is 2.65. The Hall–Kier alpha value is -2.00. The summed E-state index contributed by atoms with van der Waals surface area (Å²) in [5.41, 5.74) is 9.35. The molecule has 0 aliphatic heterocycles. The molecule has 0 heterocycles. The zero-order valence-corrected chi connectivity index (χ0v) is 15.0. The lowest BCUT2D eigenvalue weighted by molar-refractivity contribution is 0.0768. The topological polar surface area (TPSA) is 46.3 Å². The molecule has 2 aromatic carbocycles. The average molecular weight is 333 g/mol. The van der Waals surface area contributed by atoms with Crippen LogP contribution < -0.4 is 5.73 Å². The summed E-state index contributed by atoms with van der Waals surface area (Å²) in [5.74, 6) is -0.00696. The Morgan fingerprint density at radius 2 is 1.74 bits per heavy atom. The number of carbonyl (C=O) groups is 1. The highest BCUT2D eigenvalue weighted by molar-refractivity contribution is 5.94. The van der Waals surface area contributed by atoms with Crippen molar-refractivity contribution >= 4 is 24.0 Å². The third-order valence-electron chi connectivity index (χ3n) is 3.95. The number of nitrogen functional groups attached to an aromatic ring is 1. The lowest BCUT2D eigenvalue weighted by Crippen LogP contribution is -2.38. The molecular formula is C19H25ClN2O. The van der Waals surface area contributed by atoms with E-state index in [2.05, 4.69) is 45.0 Å². The minimum atomic E-state index is -0.113. The van der Waals surface area contributed by atoms with E-state index in [0.717, 1.165) is 0 Å². The van der Waals surface area contributed by atoms with Crippen molar-refractivity contribution in [2.24, 2.45) is 0 Å². The van der Waals surface area contributed by atoms with Crippen molar-refractivity contribution in [2.75, 3.05) is 19.3 Å². The maximum absolute atomic E-state index is 12.5. The summed E-state index contributed by atoms with van der Waals surface area (Å²) < 4.78 is 0. The number of benzene rings is 2. The molecule has 0 aliphatic carbocycles. The molecule has 2 aromatic rings. The summed E-state index contributed by atoms with van der Waals surface area (Å²) in [6.45, 7) is 7.03. The number of carbonyl (C=O) groups excluding carboxylic acids is 1. The summed E-state index contributed by atoms with van der Waals surface area (Å²) in [4.78, 5) is 14.3. The predicted molar refractivity (Wildman–Crippen MR) is 99.3 cm³/mol. The van der Waals surface area contributed by atoms with Crippen LogP contribution in [-0.2, 0) is 5.41 Å². The number of hydrogen-bond acceptors (Lipinski definition) is 2. The Morgan fingerprint density at radius 3 is 2.30 bits per heavy atom. The van der Waals surface area contributed by atoms with E-state index in [4.69, 9.17) is 5.73 Å². The number of nitrogens with two attached hydrogens (primary N) is 1. The van der Waals surface area contributed by atoms with E-state index < -0.39 is 0 Å². The third kappa shape index (κ3) is 4.73. The molecule has 3 nitrogen and oxygen atoms in total. The van der Waals surface area contributed by atoms with Crippen LogP contribution in [0.25, 0.3) is 0 Å². The average Bonchev–Trinajstić information content (AvgIpc) is 2.46. The first kappa shape index (κ1) is 19.0. The number of amides is 1. The van der Waals surface area contributed by atoms with Gasteiger partial charge in [-0.05, 0) is 30.7 Å². The molecule has 0 aromatic heterocycles. The lowest BCUT2D eigenvalue weighted by Gasteiger charge is -2.31. The van der Waals surface area contributed by atoms with Crippen LogP contribution in [0.3, 0.4) is 0 Å². The maximum atomic E-state index is 12.5. The van der Waals surface area contributed by atoms with Crippen molar-refractivity contribution in [2.45, 2.75) is 26.2 Å². The summed E-state index contributed by atoms with van der Waals surface area (Å²) in [7, 11) is 1.83. The Morgan fingerprint density at radius 1 is 1.13 bits per heavy atom. The van der Waals surface area contributed by atoms with Crippen LogP contribution in [0.15, 0.2) is 48.5 Å². The molecule has 0 saturated heterocycles. The van der Waals surface area contributed by atoms with Crippen molar-refractivity contribution in [3.05, 3.63) is 65.2 Å². The van der Waals surface area contributed by atoms with Crippen molar-refractivity contribution in [1.29, 1.82) is 0 Å². The van der Waals surface area contributed by atoms with Crippen LogP contribution in [0.1, 0.15) is 35.3 Å². The van der Waals surface area contributed by atoms with Gasteiger partial charge >= 0.3 is 0 Å². The zero-order valence-electron chi connectivity index (χ0n) is 14.2. The molecule has 0 saturated carbocycles. The molecule has 0 fully saturated rings. The second kappa shape index (κ2) is 7.51. The van der Waals surface area contributed by atoms with Gasteiger partial charge in [-0.1, -0.05) is 49.7 Å². The van der Waals surface area contributed by atoms with E-state index in [-0.39, 0.29) is 23.7 Å². The number of hydrogen-bond donors (Lipinski definition) is 1. The minimum Gasteiger partial charge on any atom is -0.399 e. The van der Waals surface area contributed by atoms with Gasteiger partial charge in [0.15, 0.2) is 0 Å². The molecule has 23 heavy (non-hydrogen) atoms. The quantitative estimate of drug-likeness (QED) is 0.858. The SMILES string of the molecule is Cc1ccc(C(C)(C)CN(C)C(=O)c2cccc(N)c2)cc1.Cl. The fourth-order valence-electron chi connectivity index (χ4n) is 2.65. The van der Waals surface area contributed by atoms with Gasteiger partial charge in [-0.2, -0.15) is 0 Å². The molecular weight excluding hydrogens is 308 g/mol. The number of aryl methyl sites for hydroxylation is 1. The van der Waals surface area contributed by atoms with Gasteiger partial charge < -0.3 is 10.6 Å². The van der Waals surface area contributed by atoms with E-state index >= 15 is 0 Å². The number of anilines is 1. The summed E-state index contributed by atoms with van der Waals surface area (Å²) in [6.07, 6.45) is 0. The van der Waals surface area contributed by atoms with Gasteiger partial charge in [0.1, 0.15) is 0 Å². The number of likely N-dealkylation sites (N-methyl/N-ethyl adjacent to an activating group) is 1. The Balaban J connectivity index is 0.00000264. The molecule has 0 bridgehead atoms. The monoisotopic (exact) mass is 332 g/mol. The predicted octanol–water partition coefficient (Wildman–Crippen LogP) is 4.05. The highest BCUT2D eigenvalue weighted by Crippen LogP contribution is 2.25. The molecule has 0 atom stereocenters. The number of nitrogens with zero attached hydrogens (tertiary/aromatic N) is 1. The second-order valence-corrected chi connectivity index (χ2v) is 6.54. The van der Waals surface area contributed by atoms with E-state index in [1.165, 1.54) is 11.1 Å². The lowest BCUT2D eigenvalue weighted by atomic mass is 9.83. The Labute approximate surface area is 144 Å². The van der Waals surface area contributed by atoms with Gasteiger partial charge in [0.05, 0.1) is 0 Å². The minimum absolute atomic E-state index is 0. The van der Waals surface area contributed by atoms with Crippen LogP contribution >= 0.6 is 12.4 Å². The third-order valence-corrected chi connectivity index (χ3v) is 3.95. The van der Waals surface area contributed by atoms with Crippen LogP contribution in [-0.4, -0.2) is 24.4 Å². The van der Waals surface area contributed by atoms with Gasteiger partial charge in [-0.25, -0.2) is 0 Å². The fraction of sp³-hybridized carbons (Fsp3) is 0.316. The van der Waals surface area contributed by atoms with Crippen LogP contribution in [0.2, 0.25) is 0 Å². The Bertz CT molecular complexity index is 665. The van der Waals surface area contributed by atoms with Crippen LogP contribution in [0.5, 0.6) is 0 Å². The van der Waals surface area contributed by atoms with Gasteiger partial charge in [0.2, 0.25) is 0 Å². The van der Waals surface area contributed by atoms with E-state index in [1.807, 2.05) is 13.1 Å². The van der Waals surface area contributed by atoms with E-state index in [0.29, 0.717) is 17.8 Å². The molecule has 0 aliphatic rings. The van der Waals surface area contributed by atoms with Crippen LogP contribution in [0.4, 0.5) is 5.69 Å². The largest absolute Gasteiger partial charge is 0.399 e. The zero-order chi connectivity index (χ0) is 16.3. The molecule has 4 heteroatoms. The molecule has 0 radical (unpaired) electrons. The Kier molecular flexibility index (Phi) is 6.22. The molecule has 1 amide bonds. The summed E-state index contributed by atoms with van der Waals surface area (Å²) in [5, 5.41) is 0. The van der Waals surface area contributed by atoms with Crippen molar-refractivity contribution in [1.82, 2.24) is 4.90 Å². The summed E-state index contributed by atoms with van der Waals surface area (Å²) in [6, 6.07) is 15.6. The van der Waals surface area contributed by atoms with Crippen molar-refractivity contribution in [3.63, 3.8) is 0 Å². The first-order valence-corrected chi connectivity index (χ1v) is 7.48. The van der Waals surface area contributed by atoms with Crippen molar-refractivity contribution < 1.29 is 4.79 Å². The van der Waals surface area contributed by atoms with Gasteiger partial charge in [-0.3, -0.25) is 4.79 Å². The first-order valence-electron chi connectivity index (χ1n) is 7.48. The molecule has 2 N–H and O–H groups in total. The summed E-state index contributed by atoms with van der Waals surface area (Å²) >= 11 is 0. The maximum Gasteiger partial charge on any atom is 0.253 e. The highest BCUT2D eigenvalue weighted by atomic mass is 35.5. The van der Waals surface area contributed by atoms with Gasteiger partial charge in [0.25, 0.3) is 5.91 Å². The van der Waals surface area contributed by atoms with Crippen LogP contribution in [0, 0.1) is 6.92 Å². The smallest absolute Gasteiger partial charge is 0.253 e. The standard InChI is InChI=1S/C19H24N2O.ClH/c1-14-8-10-16(11-9-14)19(2,3)13-21(4)18(22)15-6-5-7-17(20)12-15;/h5-12H,13,20H2,1-4H3;1H. The highest BCUT2D eigenvalue weighted by Gasteiger charge is 2.25. The van der Waals surface area contributed by atoms with E-state index in [9.17, 15) is 4.79 Å². The van der Waals surface area contributed by atoms with Gasteiger partial charge in [-0.15, -0.1) is 12.4 Å². The number of halogens is 1. The molecule has 0 spiro atoms.